The van der Waals surface area contributed by atoms with Gasteiger partial charge in [0, 0.05) is 13.6 Å². The molecule has 146 valence electrons. The average Bonchev–Trinajstić information content (AvgIpc) is 2.59. The average molecular weight is 391 g/mol. The highest BCUT2D eigenvalue weighted by atomic mass is 19.4. The van der Waals surface area contributed by atoms with Gasteiger partial charge in [-0.3, -0.25) is 4.79 Å². The number of hydrogen-bond donors (Lipinski definition) is 0. The van der Waals surface area contributed by atoms with E-state index in [4.69, 9.17) is 4.74 Å². The summed E-state index contributed by atoms with van der Waals surface area (Å²) in [6, 6.07) is 8.26. The normalized spacial score (nSPS) is 12.0. The molecule has 27 heavy (non-hydrogen) atoms. The molecular formula is C18H15F6NO2. The lowest BCUT2D eigenvalue weighted by Gasteiger charge is -2.18. The first kappa shape index (κ1) is 20.6. The summed E-state index contributed by atoms with van der Waals surface area (Å²) in [4.78, 5) is 13.3. The Labute approximate surface area is 151 Å². The first-order valence-electron chi connectivity index (χ1n) is 7.67. The zero-order chi connectivity index (χ0) is 20.2. The number of halogens is 6. The summed E-state index contributed by atoms with van der Waals surface area (Å²) < 4.78 is 80.1. The van der Waals surface area contributed by atoms with Crippen molar-refractivity contribution in [2.45, 2.75) is 18.9 Å². The monoisotopic (exact) mass is 391 g/mol. The van der Waals surface area contributed by atoms with Gasteiger partial charge in [0.05, 0.1) is 11.1 Å². The Kier molecular flexibility index (Phi) is 6.02. The van der Waals surface area contributed by atoms with Gasteiger partial charge in [-0.2, -0.15) is 26.3 Å². The lowest BCUT2D eigenvalue weighted by molar-refractivity contribution is -0.138. The topological polar surface area (TPSA) is 29.5 Å². The van der Waals surface area contributed by atoms with Gasteiger partial charge in [-0.15, -0.1) is 0 Å². The number of benzene rings is 2. The molecule has 0 unspecified atom stereocenters. The van der Waals surface area contributed by atoms with Gasteiger partial charge in [0.1, 0.15) is 5.75 Å². The highest BCUT2D eigenvalue weighted by Crippen LogP contribution is 2.30. The van der Waals surface area contributed by atoms with Gasteiger partial charge < -0.3 is 9.64 Å². The van der Waals surface area contributed by atoms with Crippen LogP contribution in [0.15, 0.2) is 48.5 Å². The lowest BCUT2D eigenvalue weighted by atomic mass is 10.1. The Balaban J connectivity index is 1.88. The van der Waals surface area contributed by atoms with Gasteiger partial charge in [-0.1, -0.05) is 12.1 Å². The molecule has 2 aromatic rings. The van der Waals surface area contributed by atoms with Gasteiger partial charge in [-0.05, 0) is 42.0 Å². The fraction of sp³-hybridized carbons (Fsp3) is 0.278. The molecule has 0 aliphatic carbocycles. The molecule has 0 aliphatic rings. The molecule has 0 aliphatic heterocycles. The number of alkyl halides is 6. The summed E-state index contributed by atoms with van der Waals surface area (Å²) in [6.45, 7) is -0.351. The smallest absolute Gasteiger partial charge is 0.416 e. The molecule has 0 saturated heterocycles. The maximum absolute atomic E-state index is 12.5. The molecule has 1 amide bonds. The Morgan fingerprint density at radius 1 is 0.852 bits per heavy atom. The predicted octanol–water partition coefficient (Wildman–Crippen LogP) is 4.76. The number of ether oxygens (including phenoxy) is 1. The van der Waals surface area contributed by atoms with Crippen LogP contribution in [0.5, 0.6) is 5.75 Å². The highest BCUT2D eigenvalue weighted by Gasteiger charge is 2.30. The summed E-state index contributed by atoms with van der Waals surface area (Å²) in [5.41, 5.74) is -1.13. The molecular weight excluding hydrogens is 376 g/mol. The Bertz CT molecular complexity index is 766. The van der Waals surface area contributed by atoms with Gasteiger partial charge in [0.25, 0.3) is 5.91 Å². The zero-order valence-electron chi connectivity index (χ0n) is 14.1. The summed E-state index contributed by atoms with van der Waals surface area (Å²) in [6.07, 6.45) is -8.90. The molecule has 9 heteroatoms. The Hall–Kier alpha value is -2.71. The van der Waals surface area contributed by atoms with Crippen LogP contribution in [0.4, 0.5) is 26.3 Å². The predicted molar refractivity (Wildman–Crippen MR) is 84.9 cm³/mol. The van der Waals surface area contributed by atoms with E-state index in [-0.39, 0.29) is 12.3 Å². The van der Waals surface area contributed by atoms with E-state index in [0.717, 1.165) is 36.4 Å². The molecule has 0 N–H and O–H groups in total. The van der Waals surface area contributed by atoms with Crippen LogP contribution in [0, 0.1) is 0 Å². The standard InChI is InChI=1S/C18H15F6NO2/c1-25(10-12-2-4-13(5-3-12)17(19,20)21)16(26)11-27-15-8-6-14(7-9-15)18(22,23)24/h2-9H,10-11H2,1H3. The minimum atomic E-state index is -4.46. The number of hydrogen-bond acceptors (Lipinski definition) is 2. The molecule has 0 bridgehead atoms. The summed E-state index contributed by atoms with van der Waals surface area (Å²) in [5.74, 6) is -0.380. The molecule has 0 saturated carbocycles. The van der Waals surface area contributed by atoms with Crippen molar-refractivity contribution >= 4 is 5.91 Å². The van der Waals surface area contributed by atoms with Crippen molar-refractivity contribution in [2.75, 3.05) is 13.7 Å². The summed E-state index contributed by atoms with van der Waals surface area (Å²) >= 11 is 0. The van der Waals surface area contributed by atoms with E-state index in [2.05, 4.69) is 0 Å². The van der Waals surface area contributed by atoms with Crippen molar-refractivity contribution in [1.82, 2.24) is 4.90 Å². The van der Waals surface area contributed by atoms with Crippen LogP contribution in [0.3, 0.4) is 0 Å². The number of carbonyl (C=O) groups excluding carboxylic acids is 1. The second-order valence-electron chi connectivity index (χ2n) is 5.76. The van der Waals surface area contributed by atoms with E-state index in [1.165, 1.54) is 24.1 Å². The van der Waals surface area contributed by atoms with Crippen molar-refractivity contribution < 1.29 is 35.9 Å². The zero-order valence-corrected chi connectivity index (χ0v) is 14.1. The minimum Gasteiger partial charge on any atom is -0.484 e. The molecule has 0 spiro atoms. The van der Waals surface area contributed by atoms with Gasteiger partial charge in [0.15, 0.2) is 6.61 Å². The van der Waals surface area contributed by atoms with E-state index < -0.39 is 36.0 Å². The van der Waals surface area contributed by atoms with Crippen molar-refractivity contribution in [2.24, 2.45) is 0 Å². The first-order valence-corrected chi connectivity index (χ1v) is 7.67. The van der Waals surface area contributed by atoms with Crippen LogP contribution in [0.1, 0.15) is 16.7 Å². The van der Waals surface area contributed by atoms with E-state index >= 15 is 0 Å². The number of amides is 1. The second-order valence-corrected chi connectivity index (χ2v) is 5.76. The van der Waals surface area contributed by atoms with E-state index in [1.54, 1.807) is 0 Å². The fourth-order valence-electron chi connectivity index (χ4n) is 2.16. The van der Waals surface area contributed by atoms with Crippen LogP contribution < -0.4 is 4.74 Å². The van der Waals surface area contributed by atoms with Crippen molar-refractivity contribution in [3.8, 4) is 5.75 Å². The quantitative estimate of drug-likeness (QED) is 0.688. The first-order chi connectivity index (χ1) is 12.5. The van der Waals surface area contributed by atoms with E-state index in [1.807, 2.05) is 0 Å². The van der Waals surface area contributed by atoms with Crippen LogP contribution >= 0.6 is 0 Å². The molecule has 0 heterocycles. The second kappa shape index (κ2) is 7.89. The molecule has 2 aromatic carbocycles. The molecule has 3 nitrogen and oxygen atoms in total. The van der Waals surface area contributed by atoms with E-state index in [9.17, 15) is 31.1 Å². The van der Waals surface area contributed by atoms with Crippen molar-refractivity contribution in [3.63, 3.8) is 0 Å². The van der Waals surface area contributed by atoms with Crippen molar-refractivity contribution in [1.29, 1.82) is 0 Å². The van der Waals surface area contributed by atoms with Crippen LogP contribution in [-0.4, -0.2) is 24.5 Å². The van der Waals surface area contributed by atoms with Gasteiger partial charge in [0.2, 0.25) is 0 Å². The lowest BCUT2D eigenvalue weighted by Crippen LogP contribution is -2.31. The van der Waals surface area contributed by atoms with Gasteiger partial charge in [-0.25, -0.2) is 0 Å². The van der Waals surface area contributed by atoms with Crippen LogP contribution in [0.25, 0.3) is 0 Å². The number of nitrogens with zero attached hydrogens (tertiary/aromatic N) is 1. The molecule has 0 radical (unpaired) electrons. The Morgan fingerprint density at radius 2 is 1.30 bits per heavy atom. The molecule has 0 fully saturated rings. The maximum atomic E-state index is 12.5. The van der Waals surface area contributed by atoms with Gasteiger partial charge >= 0.3 is 12.4 Å². The largest absolute Gasteiger partial charge is 0.484 e. The van der Waals surface area contributed by atoms with E-state index in [0.29, 0.717) is 5.56 Å². The number of likely N-dealkylation sites (N-methyl/N-ethyl adjacent to an activating group) is 1. The van der Waals surface area contributed by atoms with Crippen molar-refractivity contribution in [3.05, 3.63) is 65.2 Å². The third kappa shape index (κ3) is 5.90. The Morgan fingerprint density at radius 3 is 1.74 bits per heavy atom. The third-order valence-electron chi connectivity index (χ3n) is 3.67. The maximum Gasteiger partial charge on any atom is 0.416 e. The molecule has 0 atom stereocenters. The minimum absolute atomic E-state index is 0.0628. The summed E-state index contributed by atoms with van der Waals surface area (Å²) in [5, 5.41) is 0. The fourth-order valence-corrected chi connectivity index (χ4v) is 2.16. The third-order valence-corrected chi connectivity index (χ3v) is 3.67. The van der Waals surface area contributed by atoms with Crippen LogP contribution in [-0.2, 0) is 23.7 Å². The van der Waals surface area contributed by atoms with Crippen LogP contribution in [0.2, 0.25) is 0 Å². The molecule has 2 rings (SSSR count). The molecule has 0 aromatic heterocycles. The SMILES string of the molecule is CN(Cc1ccc(C(F)(F)F)cc1)C(=O)COc1ccc(C(F)(F)F)cc1. The highest BCUT2D eigenvalue weighted by molar-refractivity contribution is 5.77. The number of carbonyl (C=O) groups is 1. The summed E-state index contributed by atoms with van der Waals surface area (Å²) in [7, 11) is 1.44. The number of rotatable bonds is 5.